The quantitative estimate of drug-likeness (QED) is 0.177. The Morgan fingerprint density at radius 2 is 1.14 bits per heavy atom. The summed E-state index contributed by atoms with van der Waals surface area (Å²) in [7, 11) is 0. The Kier molecular flexibility index (Phi) is 6.28. The molecule has 0 bridgehead atoms. The van der Waals surface area contributed by atoms with Crippen LogP contribution in [0, 0.1) is 0 Å². The molecule has 0 aliphatic heterocycles. The van der Waals surface area contributed by atoms with Crippen molar-refractivity contribution in [3.05, 3.63) is 175 Å². The molecular formula is C48H32N2S. The van der Waals surface area contributed by atoms with Crippen molar-refractivity contribution in [2.24, 2.45) is 0 Å². The Morgan fingerprint density at radius 3 is 2.02 bits per heavy atom. The summed E-state index contributed by atoms with van der Waals surface area (Å²) in [6.45, 7) is 0. The molecule has 0 unspecified atom stereocenters. The number of hydrogen-bond acceptors (Lipinski definition) is 1. The molecule has 10 aromatic rings. The van der Waals surface area contributed by atoms with Crippen LogP contribution in [0.5, 0.6) is 0 Å². The molecule has 51 heavy (non-hydrogen) atoms. The lowest BCUT2D eigenvalue weighted by Crippen LogP contribution is -2.02. The highest BCUT2D eigenvalue weighted by atomic mass is 32.1. The first-order chi connectivity index (χ1) is 25.3. The van der Waals surface area contributed by atoms with Gasteiger partial charge in [0.2, 0.25) is 0 Å². The zero-order valence-corrected chi connectivity index (χ0v) is 28.7. The highest BCUT2D eigenvalue weighted by Gasteiger charge is 2.21. The summed E-state index contributed by atoms with van der Waals surface area (Å²) in [5.74, 6) is 0. The van der Waals surface area contributed by atoms with Gasteiger partial charge in [-0.25, -0.2) is 0 Å². The summed E-state index contributed by atoms with van der Waals surface area (Å²) in [6, 6.07) is 58.2. The third-order valence-electron chi connectivity index (χ3n) is 10.8. The number of nitrogens with zero attached hydrogens (tertiary/aromatic N) is 2. The van der Waals surface area contributed by atoms with Crippen molar-refractivity contribution in [3.63, 3.8) is 0 Å². The van der Waals surface area contributed by atoms with Gasteiger partial charge in [-0.2, -0.15) is 0 Å². The smallest absolute Gasteiger partial charge is 0.0541 e. The maximum Gasteiger partial charge on any atom is 0.0541 e. The third-order valence-corrected chi connectivity index (χ3v) is 12.0. The molecule has 3 heterocycles. The SMILES string of the molecule is C1=Cc2c(n(-c3ccccc3)c3ccc(-c4ccc5c(c4)c4ccccc4n5-c4ccccc4-c4cccc5c4sc4ccccc45)cc23)CC1. The highest BCUT2D eigenvalue weighted by molar-refractivity contribution is 7.26. The minimum Gasteiger partial charge on any atom is -0.313 e. The molecule has 1 aliphatic carbocycles. The number of allylic oxidation sites excluding steroid dienone is 1. The molecule has 3 heteroatoms. The molecule has 11 rings (SSSR count). The molecular weight excluding hydrogens is 637 g/mol. The Labute approximate surface area is 299 Å². The van der Waals surface area contributed by atoms with Crippen LogP contribution in [0.25, 0.3) is 92.6 Å². The van der Waals surface area contributed by atoms with Gasteiger partial charge in [-0.15, -0.1) is 11.3 Å². The first-order valence-electron chi connectivity index (χ1n) is 17.7. The van der Waals surface area contributed by atoms with Crippen LogP contribution in [-0.2, 0) is 6.42 Å². The van der Waals surface area contributed by atoms with E-state index in [0.717, 1.165) is 12.8 Å². The summed E-state index contributed by atoms with van der Waals surface area (Å²) in [5, 5.41) is 6.49. The largest absolute Gasteiger partial charge is 0.313 e. The molecule has 0 N–H and O–H groups in total. The Bertz CT molecular complexity index is 3020. The van der Waals surface area contributed by atoms with Crippen molar-refractivity contribution in [2.75, 3.05) is 0 Å². The van der Waals surface area contributed by atoms with Crippen molar-refractivity contribution in [1.29, 1.82) is 0 Å². The standard InChI is InChI=1S/C48H32N2S/c1-2-13-33(14-3-1)49-42-21-8-5-16-35(42)40-29-31(25-27-45(40)49)32-26-28-46-41(30-32)36-17-6-10-23-44(36)50(46)43-22-9-4-15-34(43)38-19-12-20-39-37-18-7-11-24-47(37)51-48(38)39/h1-7,9-20,22-30H,8,21H2. The molecule has 0 saturated heterocycles. The molecule has 0 amide bonds. The molecule has 3 aromatic heterocycles. The number of thiophene rings is 1. The van der Waals surface area contributed by atoms with Gasteiger partial charge in [0.15, 0.2) is 0 Å². The van der Waals surface area contributed by atoms with Crippen LogP contribution < -0.4 is 0 Å². The second kappa shape index (κ2) is 11.2. The van der Waals surface area contributed by atoms with E-state index in [1.807, 2.05) is 11.3 Å². The van der Waals surface area contributed by atoms with E-state index in [2.05, 4.69) is 179 Å². The number of para-hydroxylation sites is 3. The summed E-state index contributed by atoms with van der Waals surface area (Å²) in [6.07, 6.45) is 6.78. The normalized spacial score (nSPS) is 12.9. The topological polar surface area (TPSA) is 9.86 Å². The number of rotatable bonds is 4. The lowest BCUT2D eigenvalue weighted by atomic mass is 9.98. The van der Waals surface area contributed by atoms with E-state index in [1.165, 1.54) is 97.8 Å². The van der Waals surface area contributed by atoms with Crippen LogP contribution in [0.15, 0.2) is 164 Å². The van der Waals surface area contributed by atoms with Gasteiger partial charge in [0, 0.05) is 64.4 Å². The van der Waals surface area contributed by atoms with Crippen molar-refractivity contribution in [2.45, 2.75) is 12.8 Å². The van der Waals surface area contributed by atoms with Crippen LogP contribution in [0.1, 0.15) is 17.7 Å². The van der Waals surface area contributed by atoms with E-state index in [9.17, 15) is 0 Å². The second-order valence-corrected chi connectivity index (χ2v) is 14.6. The van der Waals surface area contributed by atoms with E-state index in [-0.39, 0.29) is 0 Å². The van der Waals surface area contributed by atoms with Crippen molar-refractivity contribution < 1.29 is 0 Å². The fourth-order valence-corrected chi connectivity index (χ4v) is 9.77. The van der Waals surface area contributed by atoms with Gasteiger partial charge in [-0.05, 0) is 78.6 Å². The molecule has 0 radical (unpaired) electrons. The van der Waals surface area contributed by atoms with E-state index < -0.39 is 0 Å². The van der Waals surface area contributed by atoms with E-state index >= 15 is 0 Å². The fraction of sp³-hybridized carbons (Fsp3) is 0.0417. The van der Waals surface area contributed by atoms with Gasteiger partial charge in [-0.1, -0.05) is 115 Å². The van der Waals surface area contributed by atoms with E-state index in [4.69, 9.17) is 0 Å². The summed E-state index contributed by atoms with van der Waals surface area (Å²) in [5.41, 5.74) is 13.9. The molecule has 0 atom stereocenters. The first kappa shape index (κ1) is 28.7. The van der Waals surface area contributed by atoms with Crippen LogP contribution in [0.2, 0.25) is 0 Å². The van der Waals surface area contributed by atoms with Crippen molar-refractivity contribution >= 4 is 70.3 Å². The fourth-order valence-electron chi connectivity index (χ4n) is 8.54. The maximum absolute atomic E-state index is 2.47. The maximum atomic E-state index is 2.47. The predicted molar refractivity (Wildman–Crippen MR) is 219 cm³/mol. The van der Waals surface area contributed by atoms with Crippen LogP contribution >= 0.6 is 11.3 Å². The van der Waals surface area contributed by atoms with Crippen molar-refractivity contribution in [1.82, 2.24) is 9.13 Å². The summed E-state index contributed by atoms with van der Waals surface area (Å²) < 4.78 is 7.60. The van der Waals surface area contributed by atoms with Gasteiger partial charge in [0.05, 0.1) is 22.2 Å². The summed E-state index contributed by atoms with van der Waals surface area (Å²) >= 11 is 1.89. The molecule has 2 nitrogen and oxygen atoms in total. The van der Waals surface area contributed by atoms with E-state index in [0.29, 0.717) is 0 Å². The average molecular weight is 669 g/mol. The molecule has 0 saturated carbocycles. The highest BCUT2D eigenvalue weighted by Crippen LogP contribution is 2.44. The van der Waals surface area contributed by atoms with Crippen LogP contribution in [-0.4, -0.2) is 9.13 Å². The van der Waals surface area contributed by atoms with Gasteiger partial charge < -0.3 is 9.13 Å². The number of benzene rings is 7. The van der Waals surface area contributed by atoms with Gasteiger partial charge in [-0.3, -0.25) is 0 Å². The summed E-state index contributed by atoms with van der Waals surface area (Å²) in [4.78, 5) is 0. The zero-order chi connectivity index (χ0) is 33.5. The number of hydrogen-bond donors (Lipinski definition) is 0. The van der Waals surface area contributed by atoms with Gasteiger partial charge >= 0.3 is 0 Å². The lowest BCUT2D eigenvalue weighted by molar-refractivity contribution is 0.888. The van der Waals surface area contributed by atoms with Gasteiger partial charge in [0.1, 0.15) is 0 Å². The molecule has 1 aliphatic rings. The van der Waals surface area contributed by atoms with Gasteiger partial charge in [0.25, 0.3) is 0 Å². The Balaban J connectivity index is 1.10. The minimum absolute atomic E-state index is 1.05. The number of aromatic nitrogens is 2. The Hall–Kier alpha value is -6.16. The first-order valence-corrected chi connectivity index (χ1v) is 18.6. The third kappa shape index (κ3) is 4.28. The second-order valence-electron chi connectivity index (χ2n) is 13.6. The molecule has 240 valence electrons. The minimum atomic E-state index is 1.05. The number of fused-ring (bicyclic) bond motifs is 9. The van der Waals surface area contributed by atoms with Crippen LogP contribution in [0.3, 0.4) is 0 Å². The zero-order valence-electron chi connectivity index (χ0n) is 27.9. The van der Waals surface area contributed by atoms with Crippen LogP contribution in [0.4, 0.5) is 0 Å². The van der Waals surface area contributed by atoms with E-state index in [1.54, 1.807) is 0 Å². The molecule has 0 fully saturated rings. The lowest BCUT2D eigenvalue weighted by Gasteiger charge is -2.15. The molecule has 7 aromatic carbocycles. The average Bonchev–Trinajstić information content (AvgIpc) is 3.85. The molecule has 0 spiro atoms. The predicted octanol–water partition coefficient (Wildman–Crippen LogP) is 13.4. The monoisotopic (exact) mass is 668 g/mol. The van der Waals surface area contributed by atoms with Crippen molar-refractivity contribution in [3.8, 4) is 33.6 Å². The Morgan fingerprint density at radius 1 is 0.471 bits per heavy atom.